The van der Waals surface area contributed by atoms with Crippen molar-refractivity contribution in [1.29, 1.82) is 0 Å². The zero-order chi connectivity index (χ0) is 12.1. The lowest BCUT2D eigenvalue weighted by molar-refractivity contribution is 0.311. The zero-order valence-corrected chi connectivity index (χ0v) is 10.8. The Morgan fingerprint density at radius 1 is 1.24 bits per heavy atom. The summed E-state index contributed by atoms with van der Waals surface area (Å²) in [6.45, 7) is 5.54. The average Bonchev–Trinajstić information content (AvgIpc) is 2.68. The summed E-state index contributed by atoms with van der Waals surface area (Å²) in [5.74, 6) is 0.707. The van der Waals surface area contributed by atoms with Crippen LogP contribution in [0.1, 0.15) is 31.7 Å². The molecule has 2 N–H and O–H groups in total. The van der Waals surface area contributed by atoms with Crippen LogP contribution in [0.5, 0.6) is 0 Å². The van der Waals surface area contributed by atoms with Gasteiger partial charge in [0.15, 0.2) is 0 Å². The molecule has 2 atom stereocenters. The molecule has 0 radical (unpaired) electrons. The minimum atomic E-state index is 0.380. The molecule has 17 heavy (non-hydrogen) atoms. The maximum atomic E-state index is 6.22. The Kier molecular flexibility index (Phi) is 4.57. The quantitative estimate of drug-likeness (QED) is 0.845. The van der Waals surface area contributed by atoms with Crippen LogP contribution in [0.25, 0.3) is 0 Å². The molecule has 0 saturated carbocycles. The Morgan fingerprint density at radius 2 is 2.00 bits per heavy atom. The summed E-state index contributed by atoms with van der Waals surface area (Å²) < 4.78 is 0. The fourth-order valence-corrected chi connectivity index (χ4v) is 2.73. The van der Waals surface area contributed by atoms with Gasteiger partial charge in [0.1, 0.15) is 0 Å². The summed E-state index contributed by atoms with van der Waals surface area (Å²) in [6, 6.07) is 11.1. The standard InChI is InChI=1S/C15H24N2/c1-2-3-9-14-11-17(12-15(14)16)10-13-7-5-4-6-8-13/h4-8,14-15H,2-3,9-12,16H2,1H3. The van der Waals surface area contributed by atoms with Crippen molar-refractivity contribution in [1.82, 2.24) is 4.90 Å². The van der Waals surface area contributed by atoms with Crippen LogP contribution in [-0.4, -0.2) is 24.0 Å². The highest BCUT2D eigenvalue weighted by Crippen LogP contribution is 2.22. The number of nitrogens with zero attached hydrogens (tertiary/aromatic N) is 1. The van der Waals surface area contributed by atoms with Crippen LogP contribution < -0.4 is 5.73 Å². The molecule has 2 rings (SSSR count). The van der Waals surface area contributed by atoms with Crippen LogP contribution in [0.4, 0.5) is 0 Å². The predicted octanol–water partition coefficient (Wildman–Crippen LogP) is 2.64. The number of rotatable bonds is 5. The first-order valence-corrected chi connectivity index (χ1v) is 6.81. The molecule has 1 aliphatic heterocycles. The van der Waals surface area contributed by atoms with Crippen LogP contribution in [0, 0.1) is 5.92 Å². The molecule has 1 heterocycles. The van der Waals surface area contributed by atoms with E-state index in [1.807, 2.05) is 0 Å². The molecular formula is C15H24N2. The third-order valence-electron chi connectivity index (χ3n) is 3.74. The van der Waals surface area contributed by atoms with Crippen molar-refractivity contribution in [2.45, 2.75) is 38.8 Å². The van der Waals surface area contributed by atoms with Gasteiger partial charge in [-0.3, -0.25) is 4.90 Å². The van der Waals surface area contributed by atoms with Gasteiger partial charge < -0.3 is 5.73 Å². The second-order valence-corrected chi connectivity index (χ2v) is 5.25. The molecule has 0 aliphatic carbocycles. The lowest BCUT2D eigenvalue weighted by Crippen LogP contribution is -2.29. The van der Waals surface area contributed by atoms with Crippen molar-refractivity contribution in [2.75, 3.05) is 13.1 Å². The van der Waals surface area contributed by atoms with E-state index in [4.69, 9.17) is 5.73 Å². The van der Waals surface area contributed by atoms with E-state index in [2.05, 4.69) is 42.2 Å². The second-order valence-electron chi connectivity index (χ2n) is 5.25. The molecule has 2 unspecified atom stereocenters. The van der Waals surface area contributed by atoms with E-state index in [0.29, 0.717) is 12.0 Å². The van der Waals surface area contributed by atoms with Crippen molar-refractivity contribution in [3.8, 4) is 0 Å². The van der Waals surface area contributed by atoms with E-state index in [9.17, 15) is 0 Å². The molecule has 1 aliphatic rings. The minimum Gasteiger partial charge on any atom is -0.326 e. The Hall–Kier alpha value is -0.860. The van der Waals surface area contributed by atoms with Gasteiger partial charge in [0.2, 0.25) is 0 Å². The normalized spacial score (nSPS) is 25.3. The molecule has 0 bridgehead atoms. The topological polar surface area (TPSA) is 29.3 Å². The minimum absolute atomic E-state index is 0.380. The first-order valence-electron chi connectivity index (χ1n) is 6.81. The molecule has 1 aromatic rings. The lowest BCUT2D eigenvalue weighted by atomic mass is 9.98. The Labute approximate surface area is 105 Å². The molecule has 1 aromatic carbocycles. The van der Waals surface area contributed by atoms with Crippen LogP contribution >= 0.6 is 0 Å². The monoisotopic (exact) mass is 232 g/mol. The molecule has 1 saturated heterocycles. The molecule has 0 spiro atoms. The van der Waals surface area contributed by atoms with Gasteiger partial charge in [-0.2, -0.15) is 0 Å². The molecular weight excluding hydrogens is 208 g/mol. The third-order valence-corrected chi connectivity index (χ3v) is 3.74. The lowest BCUT2D eigenvalue weighted by Gasteiger charge is -2.15. The van der Waals surface area contributed by atoms with E-state index < -0.39 is 0 Å². The number of unbranched alkanes of at least 4 members (excludes halogenated alkanes) is 1. The van der Waals surface area contributed by atoms with Crippen LogP contribution in [0.2, 0.25) is 0 Å². The SMILES string of the molecule is CCCCC1CN(Cc2ccccc2)CC1N. The Balaban J connectivity index is 1.84. The van der Waals surface area contributed by atoms with Gasteiger partial charge in [-0.25, -0.2) is 0 Å². The summed E-state index contributed by atoms with van der Waals surface area (Å²) in [5, 5.41) is 0. The zero-order valence-electron chi connectivity index (χ0n) is 10.8. The summed E-state index contributed by atoms with van der Waals surface area (Å²) in [4.78, 5) is 2.50. The highest BCUT2D eigenvalue weighted by atomic mass is 15.2. The smallest absolute Gasteiger partial charge is 0.0234 e. The van der Waals surface area contributed by atoms with Gasteiger partial charge >= 0.3 is 0 Å². The van der Waals surface area contributed by atoms with Crippen LogP contribution in [0.3, 0.4) is 0 Å². The van der Waals surface area contributed by atoms with Crippen molar-refractivity contribution in [2.24, 2.45) is 11.7 Å². The van der Waals surface area contributed by atoms with E-state index in [0.717, 1.165) is 13.1 Å². The fraction of sp³-hybridized carbons (Fsp3) is 0.600. The summed E-state index contributed by atoms with van der Waals surface area (Å²) in [5.41, 5.74) is 7.62. The molecule has 0 amide bonds. The van der Waals surface area contributed by atoms with Gasteiger partial charge in [0, 0.05) is 25.7 Å². The Bertz CT molecular complexity index is 323. The second kappa shape index (κ2) is 6.18. The molecule has 0 aromatic heterocycles. The fourth-order valence-electron chi connectivity index (χ4n) is 2.73. The van der Waals surface area contributed by atoms with Crippen molar-refractivity contribution < 1.29 is 0 Å². The highest BCUT2D eigenvalue weighted by Gasteiger charge is 2.29. The van der Waals surface area contributed by atoms with E-state index in [1.165, 1.54) is 31.4 Å². The largest absolute Gasteiger partial charge is 0.326 e. The summed E-state index contributed by atoms with van der Waals surface area (Å²) >= 11 is 0. The van der Waals surface area contributed by atoms with Crippen molar-refractivity contribution >= 4 is 0 Å². The van der Waals surface area contributed by atoms with Crippen molar-refractivity contribution in [3.05, 3.63) is 35.9 Å². The Morgan fingerprint density at radius 3 is 2.71 bits per heavy atom. The summed E-state index contributed by atoms with van der Waals surface area (Å²) in [6.07, 6.45) is 3.89. The van der Waals surface area contributed by atoms with Gasteiger partial charge in [-0.05, 0) is 17.9 Å². The van der Waals surface area contributed by atoms with Crippen molar-refractivity contribution in [3.63, 3.8) is 0 Å². The van der Waals surface area contributed by atoms with Gasteiger partial charge in [-0.15, -0.1) is 0 Å². The molecule has 2 nitrogen and oxygen atoms in total. The number of likely N-dealkylation sites (tertiary alicyclic amines) is 1. The molecule has 2 heteroatoms. The van der Waals surface area contributed by atoms with Gasteiger partial charge in [0.25, 0.3) is 0 Å². The summed E-state index contributed by atoms with van der Waals surface area (Å²) in [7, 11) is 0. The number of benzene rings is 1. The van der Waals surface area contributed by atoms with Gasteiger partial charge in [-0.1, -0.05) is 50.1 Å². The first-order chi connectivity index (χ1) is 8.29. The van der Waals surface area contributed by atoms with E-state index in [1.54, 1.807) is 0 Å². The maximum Gasteiger partial charge on any atom is 0.0234 e. The molecule has 94 valence electrons. The first kappa shape index (κ1) is 12.6. The average molecular weight is 232 g/mol. The predicted molar refractivity (Wildman–Crippen MR) is 72.7 cm³/mol. The molecule has 1 fully saturated rings. The van der Waals surface area contributed by atoms with Gasteiger partial charge in [0.05, 0.1) is 0 Å². The van der Waals surface area contributed by atoms with E-state index in [-0.39, 0.29) is 0 Å². The third kappa shape index (κ3) is 3.55. The number of hydrogen-bond donors (Lipinski definition) is 1. The highest BCUT2D eigenvalue weighted by molar-refractivity contribution is 5.14. The van der Waals surface area contributed by atoms with Crippen LogP contribution in [-0.2, 0) is 6.54 Å². The number of hydrogen-bond acceptors (Lipinski definition) is 2. The number of nitrogens with two attached hydrogens (primary N) is 1. The maximum absolute atomic E-state index is 6.22. The van der Waals surface area contributed by atoms with Crippen LogP contribution in [0.15, 0.2) is 30.3 Å². The van der Waals surface area contributed by atoms with E-state index >= 15 is 0 Å².